The highest BCUT2D eigenvalue weighted by atomic mass is 16.5. The zero-order chi connectivity index (χ0) is 35.4. The van der Waals surface area contributed by atoms with Gasteiger partial charge in [0.2, 0.25) is 0 Å². The Labute approximate surface area is 295 Å². The first-order valence-corrected chi connectivity index (χ1v) is 17.6. The minimum Gasteiger partial charge on any atom is -0.461 e. The molecule has 0 saturated carbocycles. The number of ether oxygens (including phenoxy) is 2. The third-order valence-corrected chi connectivity index (χ3v) is 10.6. The number of anilines is 4. The van der Waals surface area contributed by atoms with Crippen molar-refractivity contribution < 1.29 is 19.1 Å². The monoisotopic (exact) mass is 693 g/mol. The number of hydrogen-bond acceptors (Lipinski definition) is 11. The van der Waals surface area contributed by atoms with Crippen LogP contribution in [-0.2, 0) is 40.3 Å². The number of nitrogens with zero attached hydrogens (tertiary/aromatic N) is 7. The van der Waals surface area contributed by atoms with Crippen molar-refractivity contribution in [2.24, 2.45) is 5.41 Å². The summed E-state index contributed by atoms with van der Waals surface area (Å²) in [7, 11) is 0. The lowest BCUT2D eigenvalue weighted by atomic mass is 9.90. The molecule has 0 spiro atoms. The van der Waals surface area contributed by atoms with E-state index in [2.05, 4.69) is 60.6 Å². The summed E-state index contributed by atoms with van der Waals surface area (Å²) in [6.07, 6.45) is 5.29. The van der Waals surface area contributed by atoms with Crippen LogP contribution in [0.5, 0.6) is 0 Å². The van der Waals surface area contributed by atoms with Crippen molar-refractivity contribution in [1.82, 2.24) is 29.6 Å². The maximum atomic E-state index is 14.0. The van der Waals surface area contributed by atoms with E-state index >= 15 is 0 Å². The Balaban J connectivity index is 1.05. The smallest absolute Gasteiger partial charge is 0.302 e. The Morgan fingerprint density at radius 1 is 1.08 bits per heavy atom. The van der Waals surface area contributed by atoms with Gasteiger partial charge >= 0.3 is 5.97 Å². The minimum absolute atomic E-state index is 0.128. The van der Waals surface area contributed by atoms with Crippen molar-refractivity contribution in [2.45, 2.75) is 65.8 Å². The predicted molar refractivity (Wildman–Crippen MR) is 191 cm³/mol. The molecule has 14 nitrogen and oxygen atoms in total. The second-order valence-electron chi connectivity index (χ2n) is 14.8. The number of aromatic nitrogens is 5. The van der Waals surface area contributed by atoms with E-state index in [-0.39, 0.29) is 23.6 Å². The summed E-state index contributed by atoms with van der Waals surface area (Å²) in [5.74, 6) is 0.275. The van der Waals surface area contributed by atoms with Crippen LogP contribution in [-0.4, -0.2) is 93.0 Å². The Hall–Kier alpha value is -5.08. The molecule has 2 fully saturated rings. The molecule has 0 aromatic carbocycles. The van der Waals surface area contributed by atoms with Crippen LogP contribution in [0.1, 0.15) is 55.0 Å². The molecule has 4 aromatic rings. The molecule has 1 aliphatic carbocycles. The first-order valence-electron chi connectivity index (χ1n) is 17.6. The van der Waals surface area contributed by atoms with Gasteiger partial charge in [-0.1, -0.05) is 13.8 Å². The molecule has 8 rings (SSSR count). The van der Waals surface area contributed by atoms with E-state index in [4.69, 9.17) is 9.47 Å². The average molecular weight is 694 g/mol. The topological polar surface area (TPSA) is 151 Å². The lowest BCUT2D eigenvalue weighted by molar-refractivity contribution is -0.142. The van der Waals surface area contributed by atoms with Gasteiger partial charge < -0.3 is 24.3 Å². The number of aromatic amines is 1. The van der Waals surface area contributed by atoms with Crippen molar-refractivity contribution in [3.63, 3.8) is 0 Å². The van der Waals surface area contributed by atoms with Crippen LogP contribution >= 0.6 is 0 Å². The van der Waals surface area contributed by atoms with Crippen LogP contribution in [0.25, 0.3) is 11.3 Å². The van der Waals surface area contributed by atoms with E-state index in [9.17, 15) is 14.4 Å². The van der Waals surface area contributed by atoms with Crippen LogP contribution in [0.4, 0.5) is 23.0 Å². The predicted octanol–water partition coefficient (Wildman–Crippen LogP) is 3.53. The molecule has 3 aliphatic heterocycles. The summed E-state index contributed by atoms with van der Waals surface area (Å²) in [6.45, 7) is 13.5. The molecule has 7 heterocycles. The first kappa shape index (κ1) is 33.1. The normalized spacial score (nSPS) is 20.2. The molecule has 1 atom stereocenters. The maximum Gasteiger partial charge on any atom is 0.302 e. The van der Waals surface area contributed by atoms with Crippen molar-refractivity contribution in [2.75, 3.05) is 54.5 Å². The molecule has 2 saturated heterocycles. The number of piperazine rings is 1. The van der Waals surface area contributed by atoms with Crippen LogP contribution in [0.2, 0.25) is 0 Å². The lowest BCUT2D eigenvalue weighted by Crippen LogP contribution is -2.59. The summed E-state index contributed by atoms with van der Waals surface area (Å²) in [5.41, 5.74) is 5.62. The van der Waals surface area contributed by atoms with E-state index in [1.165, 1.54) is 18.2 Å². The van der Waals surface area contributed by atoms with Gasteiger partial charge in [0, 0.05) is 68.7 Å². The second kappa shape index (κ2) is 12.9. The van der Waals surface area contributed by atoms with Crippen molar-refractivity contribution in [1.29, 1.82) is 0 Å². The summed E-state index contributed by atoms with van der Waals surface area (Å²) in [5, 5.41) is 10.1. The fourth-order valence-electron chi connectivity index (χ4n) is 7.92. The quantitative estimate of drug-likeness (QED) is 0.261. The van der Waals surface area contributed by atoms with Gasteiger partial charge in [-0.15, -0.1) is 0 Å². The van der Waals surface area contributed by atoms with Crippen LogP contribution in [0.3, 0.4) is 0 Å². The highest BCUT2D eigenvalue weighted by molar-refractivity contribution is 6.06. The summed E-state index contributed by atoms with van der Waals surface area (Å²) in [4.78, 5) is 54.7. The van der Waals surface area contributed by atoms with Gasteiger partial charge in [0.25, 0.3) is 11.5 Å². The van der Waals surface area contributed by atoms with Gasteiger partial charge in [0.05, 0.1) is 36.8 Å². The van der Waals surface area contributed by atoms with Gasteiger partial charge in [-0.25, -0.2) is 15.1 Å². The van der Waals surface area contributed by atoms with Crippen LogP contribution in [0.15, 0.2) is 47.5 Å². The molecular formula is C37H43N9O5. The maximum absolute atomic E-state index is 14.0. The zero-order valence-corrected chi connectivity index (χ0v) is 29.4. The van der Waals surface area contributed by atoms with E-state index in [0.29, 0.717) is 59.3 Å². The zero-order valence-electron chi connectivity index (χ0n) is 29.4. The van der Waals surface area contributed by atoms with Crippen LogP contribution < -0.4 is 20.7 Å². The first-order chi connectivity index (χ1) is 24.5. The highest BCUT2D eigenvalue weighted by Gasteiger charge is 2.38. The number of amides is 1. The van der Waals surface area contributed by atoms with E-state index in [1.807, 2.05) is 24.4 Å². The molecule has 51 heavy (non-hydrogen) atoms. The fourth-order valence-corrected chi connectivity index (χ4v) is 7.92. The number of nitrogens with one attached hydrogen (secondary N) is 2. The summed E-state index contributed by atoms with van der Waals surface area (Å²) < 4.78 is 13.0. The Bertz CT molecular complexity index is 2050. The molecule has 0 radical (unpaired) electrons. The van der Waals surface area contributed by atoms with Gasteiger partial charge in [0.1, 0.15) is 29.6 Å². The molecule has 266 valence electrons. The summed E-state index contributed by atoms with van der Waals surface area (Å²) >= 11 is 0. The number of fused-ring (bicyclic) bond motifs is 3. The summed E-state index contributed by atoms with van der Waals surface area (Å²) in [6, 6.07) is 10.1. The third kappa shape index (κ3) is 6.27. The van der Waals surface area contributed by atoms with Gasteiger partial charge in [-0.05, 0) is 61.1 Å². The van der Waals surface area contributed by atoms with Gasteiger partial charge in [0.15, 0.2) is 0 Å². The molecule has 4 aromatic heterocycles. The molecule has 1 amide bonds. The molecule has 4 aliphatic rings. The van der Waals surface area contributed by atoms with Crippen molar-refractivity contribution >= 4 is 34.9 Å². The third-order valence-electron chi connectivity index (χ3n) is 10.6. The molecular weight excluding hydrogens is 650 g/mol. The number of hydrogen-bond donors (Lipinski definition) is 2. The minimum atomic E-state index is -0.468. The number of esters is 1. The standard InChI is InChI=1S/C37H43N9O5/c1-22-18-43(26-19-50-20-26)9-10-44(22)25-5-6-33(39-17-25)40-30-14-29(41-42-35(30)48)27-7-8-38-34(28(27)21-51-23(2)47)46-12-11-45-31(36(46)49)13-24-15-37(3,4)16-32(24)45/h5-8,13-14,17,22,26H,9-12,15-16,18-21H2,1-4H3,(H,42,48)(H,39,40,41). The lowest BCUT2D eigenvalue weighted by Gasteiger charge is -2.46. The largest absolute Gasteiger partial charge is 0.461 e. The van der Waals surface area contributed by atoms with E-state index in [0.717, 1.165) is 51.4 Å². The van der Waals surface area contributed by atoms with Crippen molar-refractivity contribution in [3.8, 4) is 11.3 Å². The molecule has 14 heteroatoms. The van der Waals surface area contributed by atoms with E-state index in [1.54, 1.807) is 23.2 Å². The van der Waals surface area contributed by atoms with Crippen LogP contribution in [0, 0.1) is 5.41 Å². The van der Waals surface area contributed by atoms with E-state index < -0.39 is 11.5 Å². The second-order valence-corrected chi connectivity index (χ2v) is 14.8. The Morgan fingerprint density at radius 2 is 1.92 bits per heavy atom. The number of carbonyl (C=O) groups excluding carboxylic acids is 2. The fraction of sp³-hybridized carbons (Fsp3) is 0.459. The Kier molecular flexibility index (Phi) is 8.38. The Morgan fingerprint density at radius 3 is 2.65 bits per heavy atom. The average Bonchev–Trinajstić information content (AvgIpc) is 3.57. The molecule has 0 bridgehead atoms. The molecule has 1 unspecified atom stereocenters. The SMILES string of the molecule is CC(=O)OCc1c(-c2cc(Nc3ccc(N4CCN(C5COC5)CC4C)cn3)c(=O)[nH]n2)ccnc1N1CCn2c(cc3c2CC(C)(C)C3)C1=O. The number of pyridine rings is 2. The number of rotatable bonds is 8. The van der Waals surface area contributed by atoms with Crippen molar-refractivity contribution in [3.05, 3.63) is 75.6 Å². The highest BCUT2D eigenvalue weighted by Crippen LogP contribution is 2.40. The number of carbonyl (C=O) groups is 2. The molecule has 2 N–H and O–H groups in total. The van der Waals surface area contributed by atoms with Gasteiger partial charge in [-0.3, -0.25) is 24.2 Å². The van der Waals surface area contributed by atoms with Gasteiger partial charge in [-0.2, -0.15) is 5.10 Å². The number of H-pyrrole nitrogens is 1.